The van der Waals surface area contributed by atoms with Crippen molar-refractivity contribution in [2.75, 3.05) is 13.1 Å². The molecule has 166 valence electrons. The van der Waals surface area contributed by atoms with E-state index in [1.807, 2.05) is 18.2 Å². The van der Waals surface area contributed by atoms with Crippen LogP contribution < -0.4 is 10.1 Å². The van der Waals surface area contributed by atoms with Gasteiger partial charge in [-0.25, -0.2) is 0 Å². The third-order valence-electron chi connectivity index (χ3n) is 7.42. The molecule has 2 aliphatic heterocycles. The van der Waals surface area contributed by atoms with E-state index in [4.69, 9.17) is 4.74 Å². The molecular weight excluding hydrogens is 384 g/mol. The molecule has 0 aromatic heterocycles. The molecule has 1 amide bonds. The Labute approximate surface area is 187 Å². The Morgan fingerprint density at radius 2 is 1.74 bits per heavy atom. The van der Waals surface area contributed by atoms with Crippen LogP contribution in [-0.4, -0.2) is 29.5 Å². The van der Waals surface area contributed by atoms with Crippen molar-refractivity contribution in [1.82, 2.24) is 10.2 Å². The highest BCUT2D eigenvalue weighted by atomic mass is 16.5. The van der Waals surface area contributed by atoms with Crippen LogP contribution in [0.1, 0.15) is 68.7 Å². The van der Waals surface area contributed by atoms with Crippen molar-refractivity contribution in [3.8, 4) is 5.75 Å². The summed E-state index contributed by atoms with van der Waals surface area (Å²) in [7, 11) is 0. The van der Waals surface area contributed by atoms with Gasteiger partial charge in [-0.05, 0) is 62.9 Å². The number of hydrogen-bond donors (Lipinski definition) is 1. The van der Waals surface area contributed by atoms with Gasteiger partial charge in [-0.1, -0.05) is 56.3 Å². The molecule has 2 heterocycles. The molecule has 1 saturated heterocycles. The van der Waals surface area contributed by atoms with E-state index in [2.05, 4.69) is 61.3 Å². The highest BCUT2D eigenvalue weighted by Gasteiger charge is 2.39. The van der Waals surface area contributed by atoms with Crippen LogP contribution in [0.5, 0.6) is 5.75 Å². The summed E-state index contributed by atoms with van der Waals surface area (Å²) < 4.78 is 6.40. The second-order valence-electron chi connectivity index (χ2n) is 9.27. The number of nitrogens with one attached hydrogen (secondary N) is 1. The molecule has 2 aliphatic rings. The fraction of sp³-hybridized carbons (Fsp3) is 0.519. The van der Waals surface area contributed by atoms with E-state index < -0.39 is 0 Å². The van der Waals surface area contributed by atoms with Crippen LogP contribution in [0.3, 0.4) is 0 Å². The Bertz CT molecular complexity index is 898. The number of likely N-dealkylation sites (tertiary alicyclic amines) is 1. The molecule has 0 bridgehead atoms. The van der Waals surface area contributed by atoms with Gasteiger partial charge in [-0.3, -0.25) is 9.69 Å². The summed E-state index contributed by atoms with van der Waals surface area (Å²) in [6.07, 6.45) is 4.59. The lowest BCUT2D eigenvalue weighted by Gasteiger charge is -2.42. The van der Waals surface area contributed by atoms with Crippen LogP contribution in [0.2, 0.25) is 0 Å². The molecule has 0 radical (unpaired) electrons. The Morgan fingerprint density at radius 1 is 1.06 bits per heavy atom. The standard InChI is InChI=1S/C27H36N2O2/c1-4-27(5-2)18-24(23-12-8-9-13-25(23)31-27)28-26(30)21-14-16-29(17-15-21)19-22-11-7-6-10-20(22)3/h6-13,21,24H,4-5,14-19H2,1-3H3,(H,28,30)/t24-/m1/s1. The molecule has 0 saturated carbocycles. The smallest absolute Gasteiger partial charge is 0.223 e. The zero-order valence-electron chi connectivity index (χ0n) is 19.2. The van der Waals surface area contributed by atoms with Gasteiger partial charge in [0.1, 0.15) is 11.4 Å². The summed E-state index contributed by atoms with van der Waals surface area (Å²) in [5.41, 5.74) is 3.66. The second kappa shape index (κ2) is 9.44. The van der Waals surface area contributed by atoms with Crippen LogP contribution in [0.4, 0.5) is 0 Å². The number of nitrogens with zero attached hydrogens (tertiary/aromatic N) is 1. The summed E-state index contributed by atoms with van der Waals surface area (Å²) in [5, 5.41) is 3.40. The summed E-state index contributed by atoms with van der Waals surface area (Å²) in [5.74, 6) is 1.23. The van der Waals surface area contributed by atoms with Gasteiger partial charge in [-0.15, -0.1) is 0 Å². The highest BCUT2D eigenvalue weighted by Crippen LogP contribution is 2.42. The van der Waals surface area contributed by atoms with Crippen molar-refractivity contribution in [3.63, 3.8) is 0 Å². The first-order chi connectivity index (χ1) is 15.0. The second-order valence-corrected chi connectivity index (χ2v) is 9.27. The van der Waals surface area contributed by atoms with Gasteiger partial charge in [0.15, 0.2) is 0 Å². The lowest BCUT2D eigenvalue weighted by atomic mass is 9.83. The molecule has 1 atom stereocenters. The predicted octanol–water partition coefficient (Wildman–Crippen LogP) is 5.41. The minimum Gasteiger partial charge on any atom is -0.487 e. The lowest BCUT2D eigenvalue weighted by molar-refractivity contribution is -0.128. The Morgan fingerprint density at radius 3 is 2.45 bits per heavy atom. The number of ether oxygens (including phenoxy) is 1. The number of piperidine rings is 1. The van der Waals surface area contributed by atoms with Gasteiger partial charge in [0.25, 0.3) is 0 Å². The molecule has 2 aromatic rings. The first-order valence-corrected chi connectivity index (χ1v) is 11.9. The predicted molar refractivity (Wildman–Crippen MR) is 125 cm³/mol. The first-order valence-electron chi connectivity index (χ1n) is 11.9. The topological polar surface area (TPSA) is 41.6 Å². The fourth-order valence-electron chi connectivity index (χ4n) is 5.10. The van der Waals surface area contributed by atoms with Gasteiger partial charge >= 0.3 is 0 Å². The van der Waals surface area contributed by atoms with Crippen molar-refractivity contribution >= 4 is 5.91 Å². The summed E-state index contributed by atoms with van der Waals surface area (Å²) >= 11 is 0. The lowest BCUT2D eigenvalue weighted by Crippen LogP contribution is -2.47. The first kappa shape index (κ1) is 21.9. The van der Waals surface area contributed by atoms with E-state index in [0.717, 1.165) is 63.1 Å². The van der Waals surface area contributed by atoms with Crippen LogP contribution >= 0.6 is 0 Å². The normalized spacial score (nSPS) is 21.2. The van der Waals surface area contributed by atoms with E-state index in [1.54, 1.807) is 0 Å². The maximum Gasteiger partial charge on any atom is 0.223 e. The third-order valence-corrected chi connectivity index (χ3v) is 7.42. The minimum absolute atomic E-state index is 0.0300. The number of benzene rings is 2. The van der Waals surface area contributed by atoms with Gasteiger partial charge in [0.05, 0.1) is 6.04 Å². The van der Waals surface area contributed by atoms with Crippen molar-refractivity contribution in [2.24, 2.45) is 5.92 Å². The number of carbonyl (C=O) groups is 1. The van der Waals surface area contributed by atoms with E-state index in [9.17, 15) is 4.79 Å². The minimum atomic E-state index is -0.191. The summed E-state index contributed by atoms with van der Waals surface area (Å²) in [6, 6.07) is 16.8. The molecule has 0 spiro atoms. The van der Waals surface area contributed by atoms with Gasteiger partial charge in [0.2, 0.25) is 5.91 Å². The molecule has 1 N–H and O–H groups in total. The fourth-order valence-corrected chi connectivity index (χ4v) is 5.10. The van der Waals surface area contributed by atoms with Crippen LogP contribution in [0, 0.1) is 12.8 Å². The molecular formula is C27H36N2O2. The maximum absolute atomic E-state index is 13.2. The van der Waals surface area contributed by atoms with Crippen LogP contribution in [0.25, 0.3) is 0 Å². The third kappa shape index (κ3) is 4.79. The zero-order valence-corrected chi connectivity index (χ0v) is 19.2. The monoisotopic (exact) mass is 420 g/mol. The molecule has 4 nitrogen and oxygen atoms in total. The van der Waals surface area contributed by atoms with Crippen molar-refractivity contribution in [2.45, 2.75) is 71.1 Å². The summed E-state index contributed by atoms with van der Waals surface area (Å²) in [6.45, 7) is 9.47. The van der Waals surface area contributed by atoms with E-state index >= 15 is 0 Å². The van der Waals surface area contributed by atoms with E-state index in [1.165, 1.54) is 11.1 Å². The number of amides is 1. The van der Waals surface area contributed by atoms with Crippen molar-refractivity contribution < 1.29 is 9.53 Å². The largest absolute Gasteiger partial charge is 0.487 e. The molecule has 31 heavy (non-hydrogen) atoms. The average molecular weight is 421 g/mol. The van der Waals surface area contributed by atoms with E-state index in [-0.39, 0.29) is 23.5 Å². The van der Waals surface area contributed by atoms with Gasteiger partial charge < -0.3 is 10.1 Å². The van der Waals surface area contributed by atoms with Crippen LogP contribution in [-0.2, 0) is 11.3 Å². The number of carbonyl (C=O) groups excluding carboxylic acids is 1. The molecule has 0 aliphatic carbocycles. The Balaban J connectivity index is 1.38. The molecule has 0 unspecified atom stereocenters. The number of rotatable bonds is 6. The SMILES string of the molecule is CCC1(CC)C[C@@H](NC(=O)C2CCN(Cc3ccccc3C)CC2)c2ccccc2O1. The Kier molecular flexibility index (Phi) is 6.66. The highest BCUT2D eigenvalue weighted by molar-refractivity contribution is 5.79. The Hall–Kier alpha value is -2.33. The van der Waals surface area contributed by atoms with Crippen LogP contribution in [0.15, 0.2) is 48.5 Å². The van der Waals surface area contributed by atoms with Crippen molar-refractivity contribution in [1.29, 1.82) is 0 Å². The van der Waals surface area contributed by atoms with Gasteiger partial charge in [0, 0.05) is 24.4 Å². The maximum atomic E-state index is 13.2. The number of aryl methyl sites for hydroxylation is 1. The number of hydrogen-bond acceptors (Lipinski definition) is 3. The summed E-state index contributed by atoms with van der Waals surface area (Å²) in [4.78, 5) is 15.7. The van der Waals surface area contributed by atoms with Gasteiger partial charge in [-0.2, -0.15) is 0 Å². The zero-order chi connectivity index (χ0) is 21.8. The number of fused-ring (bicyclic) bond motifs is 1. The molecule has 2 aromatic carbocycles. The molecule has 4 heteroatoms. The molecule has 1 fully saturated rings. The quantitative estimate of drug-likeness (QED) is 0.680. The van der Waals surface area contributed by atoms with Crippen molar-refractivity contribution in [3.05, 3.63) is 65.2 Å². The average Bonchev–Trinajstić information content (AvgIpc) is 2.81. The number of para-hydroxylation sites is 1. The molecule has 4 rings (SSSR count). The van der Waals surface area contributed by atoms with E-state index in [0.29, 0.717) is 0 Å².